The summed E-state index contributed by atoms with van der Waals surface area (Å²) in [6.45, 7) is 0.360. The fourth-order valence-electron chi connectivity index (χ4n) is 1.37. The van der Waals surface area contributed by atoms with Crippen LogP contribution in [-0.2, 0) is 6.54 Å². The van der Waals surface area contributed by atoms with Crippen molar-refractivity contribution >= 4 is 33.3 Å². The molecule has 0 aliphatic heterocycles. The topological polar surface area (TPSA) is 24.9 Å². The summed E-state index contributed by atoms with van der Waals surface area (Å²) in [5.41, 5.74) is 0.571. The highest BCUT2D eigenvalue weighted by Gasteiger charge is 2.03. The Kier molecular flexibility index (Phi) is 3.97. The van der Waals surface area contributed by atoms with Crippen molar-refractivity contribution in [2.45, 2.75) is 6.54 Å². The summed E-state index contributed by atoms with van der Waals surface area (Å²) in [6, 6.07) is 10.1. The molecule has 0 unspecified atom stereocenters. The second-order valence-corrected chi connectivity index (χ2v) is 4.74. The molecule has 0 bridgehead atoms. The van der Waals surface area contributed by atoms with Gasteiger partial charge in [0.25, 0.3) is 0 Å². The number of hydrogen-bond acceptors (Lipinski definition) is 2. The molecule has 2 nitrogen and oxygen atoms in total. The molecule has 0 saturated carbocycles. The van der Waals surface area contributed by atoms with Crippen LogP contribution in [0.4, 0.5) is 10.2 Å². The zero-order chi connectivity index (χ0) is 12.3. The third-order valence-electron chi connectivity index (χ3n) is 2.18. The smallest absolute Gasteiger partial charge is 0.131 e. The van der Waals surface area contributed by atoms with Crippen LogP contribution in [0, 0.1) is 5.82 Å². The Morgan fingerprint density at radius 1 is 1.29 bits per heavy atom. The number of nitrogens with zero attached hydrogens (tertiary/aromatic N) is 1. The van der Waals surface area contributed by atoms with E-state index in [1.807, 2.05) is 0 Å². The zero-order valence-corrected chi connectivity index (χ0v) is 11.1. The van der Waals surface area contributed by atoms with Crippen molar-refractivity contribution in [2.75, 3.05) is 5.32 Å². The predicted molar refractivity (Wildman–Crippen MR) is 70.7 cm³/mol. The molecule has 1 aromatic heterocycles. The number of aromatic nitrogens is 1. The molecule has 5 heteroatoms. The lowest BCUT2D eigenvalue weighted by Crippen LogP contribution is -2.03. The van der Waals surface area contributed by atoms with Crippen molar-refractivity contribution in [2.24, 2.45) is 0 Å². The number of rotatable bonds is 3. The lowest BCUT2D eigenvalue weighted by atomic mass is 10.2. The van der Waals surface area contributed by atoms with E-state index in [1.165, 1.54) is 6.07 Å². The highest BCUT2D eigenvalue weighted by molar-refractivity contribution is 9.10. The summed E-state index contributed by atoms with van der Waals surface area (Å²) in [4.78, 5) is 4.06. The van der Waals surface area contributed by atoms with E-state index in [4.69, 9.17) is 11.6 Å². The number of halogens is 3. The normalized spacial score (nSPS) is 10.3. The summed E-state index contributed by atoms with van der Waals surface area (Å²) in [6.07, 6.45) is 0. The fraction of sp³-hybridized carbons (Fsp3) is 0.0833. The summed E-state index contributed by atoms with van der Waals surface area (Å²) in [7, 11) is 0. The van der Waals surface area contributed by atoms with Gasteiger partial charge in [-0.15, -0.1) is 0 Å². The van der Waals surface area contributed by atoms with Crippen molar-refractivity contribution in [3.63, 3.8) is 0 Å². The first-order chi connectivity index (χ1) is 8.15. The van der Waals surface area contributed by atoms with Crippen LogP contribution in [0.25, 0.3) is 0 Å². The van der Waals surface area contributed by atoms with Gasteiger partial charge in [0.05, 0.1) is 0 Å². The van der Waals surface area contributed by atoms with Gasteiger partial charge in [0.1, 0.15) is 16.8 Å². The first-order valence-electron chi connectivity index (χ1n) is 4.95. The van der Waals surface area contributed by atoms with Crippen LogP contribution in [0.3, 0.4) is 0 Å². The van der Waals surface area contributed by atoms with Gasteiger partial charge in [0.15, 0.2) is 0 Å². The molecule has 0 spiro atoms. The maximum Gasteiger partial charge on any atom is 0.131 e. The molecule has 0 fully saturated rings. The van der Waals surface area contributed by atoms with Gasteiger partial charge >= 0.3 is 0 Å². The Bertz CT molecular complexity index is 534. The molecule has 17 heavy (non-hydrogen) atoms. The molecule has 0 atom stereocenters. The van der Waals surface area contributed by atoms with Gasteiger partial charge in [-0.3, -0.25) is 0 Å². The maximum absolute atomic E-state index is 13.4. The van der Waals surface area contributed by atoms with Gasteiger partial charge in [0, 0.05) is 16.6 Å². The Hall–Kier alpha value is -1.13. The van der Waals surface area contributed by atoms with Gasteiger partial charge in [-0.1, -0.05) is 33.6 Å². The standard InChI is InChI=1S/C12H9BrClFN2/c13-9-4-5-10(15)8(6-9)7-16-12-3-1-2-11(14)17-12/h1-6H,7H2,(H,16,17). The van der Waals surface area contributed by atoms with Crippen LogP contribution in [0.1, 0.15) is 5.56 Å². The third-order valence-corrected chi connectivity index (χ3v) is 2.89. The van der Waals surface area contributed by atoms with Crippen LogP contribution < -0.4 is 5.32 Å². The second kappa shape index (κ2) is 5.47. The largest absolute Gasteiger partial charge is 0.366 e. The molecule has 0 aliphatic carbocycles. The minimum Gasteiger partial charge on any atom is -0.366 e. The van der Waals surface area contributed by atoms with E-state index in [0.717, 1.165) is 4.47 Å². The monoisotopic (exact) mass is 314 g/mol. The minimum atomic E-state index is -0.247. The molecule has 1 aromatic carbocycles. The van der Waals surface area contributed by atoms with Gasteiger partial charge in [-0.2, -0.15) is 0 Å². The van der Waals surface area contributed by atoms with Crippen molar-refractivity contribution in [1.29, 1.82) is 0 Å². The molecule has 1 N–H and O–H groups in total. The summed E-state index contributed by atoms with van der Waals surface area (Å²) in [5, 5.41) is 3.42. The maximum atomic E-state index is 13.4. The quantitative estimate of drug-likeness (QED) is 0.857. The van der Waals surface area contributed by atoms with Gasteiger partial charge in [-0.25, -0.2) is 9.37 Å². The summed E-state index contributed by atoms with van der Waals surface area (Å²) in [5.74, 6) is 0.375. The fourth-order valence-corrected chi connectivity index (χ4v) is 1.94. The summed E-state index contributed by atoms with van der Waals surface area (Å²) < 4.78 is 14.3. The van der Waals surface area contributed by atoms with Gasteiger partial charge < -0.3 is 5.32 Å². The Morgan fingerprint density at radius 3 is 2.88 bits per heavy atom. The van der Waals surface area contributed by atoms with E-state index >= 15 is 0 Å². The Morgan fingerprint density at radius 2 is 2.12 bits per heavy atom. The highest BCUT2D eigenvalue weighted by Crippen LogP contribution is 2.17. The molecular weight excluding hydrogens is 307 g/mol. The van der Waals surface area contributed by atoms with E-state index in [0.29, 0.717) is 23.1 Å². The summed E-state index contributed by atoms with van der Waals surface area (Å²) >= 11 is 9.05. The van der Waals surface area contributed by atoms with Crippen LogP contribution in [0.15, 0.2) is 40.9 Å². The number of anilines is 1. The van der Waals surface area contributed by atoms with Crippen molar-refractivity contribution in [3.05, 3.63) is 57.4 Å². The molecule has 0 saturated heterocycles. The van der Waals surface area contributed by atoms with Gasteiger partial charge in [-0.05, 0) is 30.3 Å². The molecule has 2 rings (SSSR count). The zero-order valence-electron chi connectivity index (χ0n) is 8.75. The minimum absolute atomic E-state index is 0.247. The molecule has 2 aromatic rings. The van der Waals surface area contributed by atoms with Crippen LogP contribution in [0.2, 0.25) is 5.15 Å². The van der Waals surface area contributed by atoms with E-state index < -0.39 is 0 Å². The molecule has 0 aliphatic rings. The van der Waals surface area contributed by atoms with Crippen molar-refractivity contribution in [1.82, 2.24) is 4.98 Å². The third kappa shape index (κ3) is 3.41. The molecule has 0 amide bonds. The SMILES string of the molecule is Fc1ccc(Br)cc1CNc1cccc(Cl)n1. The van der Waals surface area contributed by atoms with Gasteiger partial charge in [0.2, 0.25) is 0 Å². The van der Waals surface area contributed by atoms with Crippen molar-refractivity contribution < 1.29 is 4.39 Å². The molecular formula is C12H9BrClFN2. The van der Waals surface area contributed by atoms with E-state index in [1.54, 1.807) is 30.3 Å². The van der Waals surface area contributed by atoms with E-state index in [-0.39, 0.29) is 5.82 Å². The average Bonchev–Trinajstić information content (AvgIpc) is 2.30. The first kappa shape index (κ1) is 12.3. The van der Waals surface area contributed by atoms with E-state index in [9.17, 15) is 4.39 Å². The highest BCUT2D eigenvalue weighted by atomic mass is 79.9. The van der Waals surface area contributed by atoms with Crippen molar-refractivity contribution in [3.8, 4) is 0 Å². The lowest BCUT2D eigenvalue weighted by Gasteiger charge is -2.07. The van der Waals surface area contributed by atoms with Crippen LogP contribution in [-0.4, -0.2) is 4.98 Å². The molecule has 1 heterocycles. The van der Waals surface area contributed by atoms with Crippen LogP contribution >= 0.6 is 27.5 Å². The number of hydrogen-bond donors (Lipinski definition) is 1. The lowest BCUT2D eigenvalue weighted by molar-refractivity contribution is 0.612. The van der Waals surface area contributed by atoms with E-state index in [2.05, 4.69) is 26.2 Å². The number of pyridine rings is 1. The second-order valence-electron chi connectivity index (χ2n) is 3.43. The first-order valence-corrected chi connectivity index (χ1v) is 6.12. The average molecular weight is 316 g/mol. The number of benzene rings is 1. The number of nitrogens with one attached hydrogen (secondary N) is 1. The Balaban J connectivity index is 2.09. The van der Waals surface area contributed by atoms with Crippen LogP contribution in [0.5, 0.6) is 0 Å². The molecule has 0 radical (unpaired) electrons. The predicted octanol–water partition coefficient (Wildman–Crippen LogP) is 4.25. The molecule has 88 valence electrons. The Labute approximate surface area is 112 Å².